The van der Waals surface area contributed by atoms with Crippen molar-refractivity contribution in [2.24, 2.45) is 0 Å². The van der Waals surface area contributed by atoms with Gasteiger partial charge in [-0.15, -0.1) is 0 Å². The highest BCUT2D eigenvalue weighted by atomic mass is 16.7. The van der Waals surface area contributed by atoms with Gasteiger partial charge < -0.3 is 29.5 Å². The van der Waals surface area contributed by atoms with Gasteiger partial charge in [0, 0.05) is 12.5 Å². The molecular formula is C16H14O6. The number of fused-ring (bicyclic) bond motifs is 2. The lowest BCUT2D eigenvalue weighted by atomic mass is 9.94. The van der Waals surface area contributed by atoms with Gasteiger partial charge >= 0.3 is 0 Å². The molecule has 114 valence electrons. The van der Waals surface area contributed by atoms with Gasteiger partial charge in [0.25, 0.3) is 0 Å². The average Bonchev–Trinajstić information content (AvgIpc) is 2.96. The van der Waals surface area contributed by atoms with E-state index >= 15 is 0 Å². The number of phenols is 2. The Kier molecular flexibility index (Phi) is 2.80. The Hall–Kier alpha value is -2.60. The molecule has 2 aromatic carbocycles. The molecular weight excluding hydrogens is 288 g/mol. The average molecular weight is 302 g/mol. The van der Waals surface area contributed by atoms with Crippen molar-refractivity contribution in [1.82, 2.24) is 0 Å². The third-order valence-corrected chi connectivity index (χ3v) is 3.94. The molecule has 2 aliphatic rings. The molecule has 0 saturated carbocycles. The van der Waals surface area contributed by atoms with Crippen molar-refractivity contribution in [3.63, 3.8) is 0 Å². The van der Waals surface area contributed by atoms with Gasteiger partial charge in [0.2, 0.25) is 12.5 Å². The molecule has 6 heteroatoms. The zero-order valence-corrected chi connectivity index (χ0v) is 11.5. The van der Waals surface area contributed by atoms with E-state index in [0.29, 0.717) is 23.5 Å². The quantitative estimate of drug-likeness (QED) is 0.749. The van der Waals surface area contributed by atoms with Crippen molar-refractivity contribution in [3.05, 3.63) is 41.5 Å². The summed E-state index contributed by atoms with van der Waals surface area (Å²) in [7, 11) is 0. The van der Waals surface area contributed by atoms with E-state index in [2.05, 4.69) is 0 Å². The molecule has 0 aliphatic carbocycles. The monoisotopic (exact) mass is 302 g/mol. The number of hydrogen-bond donors (Lipinski definition) is 3. The number of aliphatic hydroxyl groups is 1. The molecule has 2 aliphatic heterocycles. The predicted octanol–water partition coefficient (Wildman–Crippen LogP) is 2.38. The molecule has 6 nitrogen and oxygen atoms in total. The lowest BCUT2D eigenvalue weighted by molar-refractivity contribution is 0.0631. The second kappa shape index (κ2) is 4.71. The minimum absolute atomic E-state index is 0.0310. The highest BCUT2D eigenvalue weighted by Gasteiger charge is 2.35. The van der Waals surface area contributed by atoms with E-state index < -0.39 is 6.10 Å². The SMILES string of the molecule is Oc1ccc(C2CC(O)c3c(cc4c(c3O)OCO4)O2)cc1. The van der Waals surface area contributed by atoms with Crippen molar-refractivity contribution >= 4 is 0 Å². The molecule has 4 rings (SSSR count). The third kappa shape index (κ3) is 1.92. The summed E-state index contributed by atoms with van der Waals surface area (Å²) in [5.74, 6) is 1.04. The van der Waals surface area contributed by atoms with Crippen LogP contribution in [0.15, 0.2) is 30.3 Å². The van der Waals surface area contributed by atoms with Crippen LogP contribution in [0, 0.1) is 0 Å². The predicted molar refractivity (Wildman–Crippen MR) is 75.3 cm³/mol. The number of rotatable bonds is 1. The zero-order chi connectivity index (χ0) is 15.3. The Morgan fingerprint density at radius 1 is 1.00 bits per heavy atom. The van der Waals surface area contributed by atoms with E-state index in [1.807, 2.05) is 0 Å². The van der Waals surface area contributed by atoms with Gasteiger partial charge in [0.05, 0.1) is 11.7 Å². The molecule has 2 atom stereocenters. The fourth-order valence-corrected chi connectivity index (χ4v) is 2.85. The second-order valence-corrected chi connectivity index (χ2v) is 5.32. The first kappa shape index (κ1) is 13.1. The summed E-state index contributed by atoms with van der Waals surface area (Å²) in [5, 5.41) is 30.0. The smallest absolute Gasteiger partial charge is 0.231 e. The van der Waals surface area contributed by atoms with Gasteiger partial charge in [-0.25, -0.2) is 0 Å². The number of phenolic OH excluding ortho intramolecular Hbond substituents is 2. The van der Waals surface area contributed by atoms with E-state index in [1.165, 1.54) is 0 Å². The largest absolute Gasteiger partial charge is 0.508 e. The Balaban J connectivity index is 1.74. The highest BCUT2D eigenvalue weighted by Crippen LogP contribution is 2.53. The van der Waals surface area contributed by atoms with E-state index in [0.717, 1.165) is 5.56 Å². The first-order chi connectivity index (χ1) is 10.6. The summed E-state index contributed by atoms with van der Waals surface area (Å²) in [6, 6.07) is 8.23. The molecule has 0 amide bonds. The van der Waals surface area contributed by atoms with Crippen LogP contribution >= 0.6 is 0 Å². The molecule has 0 radical (unpaired) electrons. The summed E-state index contributed by atoms with van der Waals surface area (Å²) in [5.41, 5.74) is 1.15. The minimum Gasteiger partial charge on any atom is -0.508 e. The zero-order valence-electron chi connectivity index (χ0n) is 11.5. The Morgan fingerprint density at radius 2 is 1.77 bits per heavy atom. The molecule has 0 spiro atoms. The number of benzene rings is 2. The second-order valence-electron chi connectivity index (χ2n) is 5.32. The van der Waals surface area contributed by atoms with Crippen LogP contribution in [-0.4, -0.2) is 22.1 Å². The molecule has 2 aromatic rings. The van der Waals surface area contributed by atoms with E-state index in [-0.39, 0.29) is 30.1 Å². The number of hydrogen-bond acceptors (Lipinski definition) is 6. The van der Waals surface area contributed by atoms with E-state index in [4.69, 9.17) is 14.2 Å². The van der Waals surface area contributed by atoms with Gasteiger partial charge in [-0.05, 0) is 17.7 Å². The number of ether oxygens (including phenoxy) is 3. The summed E-state index contributed by atoms with van der Waals surface area (Å²) in [6.07, 6.45) is -0.953. The summed E-state index contributed by atoms with van der Waals surface area (Å²) >= 11 is 0. The van der Waals surface area contributed by atoms with Crippen molar-refractivity contribution in [2.75, 3.05) is 6.79 Å². The van der Waals surface area contributed by atoms with Gasteiger partial charge in [0.15, 0.2) is 11.5 Å². The van der Waals surface area contributed by atoms with E-state index in [1.54, 1.807) is 30.3 Å². The van der Waals surface area contributed by atoms with Crippen molar-refractivity contribution < 1.29 is 29.5 Å². The standard InChI is InChI=1S/C16H14O6/c17-9-3-1-8(2-4-9)11-5-10(18)14-12(22-11)6-13-16(15(14)19)21-7-20-13/h1-4,6,10-11,17-19H,5,7H2. The van der Waals surface area contributed by atoms with Crippen molar-refractivity contribution in [2.45, 2.75) is 18.6 Å². The summed E-state index contributed by atoms with van der Waals surface area (Å²) in [6.45, 7) is 0.0310. The molecule has 2 unspecified atom stereocenters. The van der Waals surface area contributed by atoms with E-state index in [9.17, 15) is 15.3 Å². The van der Waals surface area contributed by atoms with Crippen molar-refractivity contribution in [3.8, 4) is 28.7 Å². The van der Waals surface area contributed by atoms with Crippen molar-refractivity contribution in [1.29, 1.82) is 0 Å². The Labute approximate surface area is 126 Å². The number of aliphatic hydroxyl groups excluding tert-OH is 1. The Bertz CT molecular complexity index is 724. The van der Waals surface area contributed by atoms with Crippen LogP contribution in [0.2, 0.25) is 0 Å². The molecule has 2 heterocycles. The van der Waals surface area contributed by atoms with Crippen LogP contribution in [0.5, 0.6) is 28.7 Å². The number of aromatic hydroxyl groups is 2. The fraction of sp³-hybridized carbons (Fsp3) is 0.250. The first-order valence-electron chi connectivity index (χ1n) is 6.92. The molecule has 22 heavy (non-hydrogen) atoms. The van der Waals surface area contributed by atoms with Crippen LogP contribution in [0.4, 0.5) is 0 Å². The van der Waals surface area contributed by atoms with Crippen LogP contribution < -0.4 is 14.2 Å². The van der Waals surface area contributed by atoms with Crippen LogP contribution in [-0.2, 0) is 0 Å². The maximum absolute atomic E-state index is 10.4. The van der Waals surface area contributed by atoms with Gasteiger partial charge in [-0.3, -0.25) is 0 Å². The normalized spacial score (nSPS) is 22.0. The molecule has 0 fully saturated rings. The molecule has 3 N–H and O–H groups in total. The van der Waals surface area contributed by atoms with Gasteiger partial charge in [-0.2, -0.15) is 0 Å². The summed E-state index contributed by atoms with van der Waals surface area (Å²) < 4.78 is 16.4. The maximum atomic E-state index is 10.4. The maximum Gasteiger partial charge on any atom is 0.231 e. The minimum atomic E-state index is -0.878. The first-order valence-corrected chi connectivity index (χ1v) is 6.92. The molecule has 0 aromatic heterocycles. The fourth-order valence-electron chi connectivity index (χ4n) is 2.85. The molecule has 0 saturated heterocycles. The lowest BCUT2D eigenvalue weighted by Gasteiger charge is -2.30. The lowest BCUT2D eigenvalue weighted by Crippen LogP contribution is -2.19. The third-order valence-electron chi connectivity index (χ3n) is 3.94. The van der Waals surface area contributed by atoms with Crippen LogP contribution in [0.25, 0.3) is 0 Å². The highest BCUT2D eigenvalue weighted by molar-refractivity contribution is 5.63. The van der Waals surface area contributed by atoms with Gasteiger partial charge in [-0.1, -0.05) is 12.1 Å². The topological polar surface area (TPSA) is 88.4 Å². The molecule has 0 bridgehead atoms. The van der Waals surface area contributed by atoms with Crippen LogP contribution in [0.1, 0.15) is 29.8 Å². The van der Waals surface area contributed by atoms with Crippen LogP contribution in [0.3, 0.4) is 0 Å². The Morgan fingerprint density at radius 3 is 2.55 bits per heavy atom. The van der Waals surface area contributed by atoms with Gasteiger partial charge in [0.1, 0.15) is 17.6 Å². The summed E-state index contributed by atoms with van der Waals surface area (Å²) in [4.78, 5) is 0.